The Morgan fingerprint density at radius 3 is 2.59 bits per heavy atom. The van der Waals surface area contributed by atoms with Crippen LogP contribution < -0.4 is 10.3 Å². The highest BCUT2D eigenvalue weighted by Crippen LogP contribution is 2.30. The normalized spacial score (nSPS) is 12.7. The fourth-order valence-corrected chi connectivity index (χ4v) is 3.27. The Kier molecular flexibility index (Phi) is 9.56. The van der Waals surface area contributed by atoms with Gasteiger partial charge in [-0.05, 0) is 26.1 Å². The number of hydrogen-bond acceptors (Lipinski definition) is 8. The molecule has 0 radical (unpaired) electrons. The molecule has 0 atom stereocenters. The standard InChI is InChI=1S/C24H24ClF3N4O5/c1-13-11-30-21(17(33)6-7-31(4)5)20(28)22(13)32-14(2)8-18(19(25)23(32)34)37-24(35,36)10-15(26)9-16(27)12-29-3/h6-9,11-12,35-36H,3,10H2,1-2,4-5H3/b7-6+,15-9+,16-12+. The van der Waals surface area contributed by atoms with Crippen LogP contribution in [0.15, 0.2) is 58.3 Å². The van der Waals surface area contributed by atoms with E-state index in [0.717, 1.165) is 16.7 Å². The Morgan fingerprint density at radius 2 is 2.00 bits per heavy atom. The van der Waals surface area contributed by atoms with Crippen LogP contribution in [-0.2, 0) is 0 Å². The van der Waals surface area contributed by atoms with Crippen LogP contribution in [0.5, 0.6) is 5.75 Å². The largest absolute Gasteiger partial charge is 0.437 e. The number of ketones is 1. The average Bonchev–Trinajstić information content (AvgIpc) is 2.77. The monoisotopic (exact) mass is 540 g/mol. The SMILES string of the molecule is C=N/C=C(F)\C=C(\F)CC(O)(O)Oc1cc(C)n(-c2c(C)cnc(C(=O)/C=C/N(C)C)c2F)c(=O)c1Cl. The Bertz CT molecular complexity index is 1370. The fourth-order valence-electron chi connectivity index (χ4n) is 3.10. The summed E-state index contributed by atoms with van der Waals surface area (Å²) < 4.78 is 48.5. The number of aromatic nitrogens is 2. The lowest BCUT2D eigenvalue weighted by atomic mass is 10.1. The molecule has 0 aromatic carbocycles. The van der Waals surface area contributed by atoms with Gasteiger partial charge in [-0.15, -0.1) is 0 Å². The maximum absolute atomic E-state index is 15.4. The molecule has 0 saturated carbocycles. The molecule has 0 bridgehead atoms. The van der Waals surface area contributed by atoms with E-state index in [1.807, 2.05) is 0 Å². The van der Waals surface area contributed by atoms with Crippen LogP contribution in [0.25, 0.3) is 5.69 Å². The van der Waals surface area contributed by atoms with Gasteiger partial charge in [0.25, 0.3) is 5.56 Å². The summed E-state index contributed by atoms with van der Waals surface area (Å²) in [6.07, 6.45) is 3.39. The number of carbonyl (C=O) groups excluding carboxylic acids is 1. The highest BCUT2D eigenvalue weighted by Gasteiger charge is 2.31. The summed E-state index contributed by atoms with van der Waals surface area (Å²) in [6.45, 7) is 5.81. The number of aryl methyl sites for hydroxylation is 2. The summed E-state index contributed by atoms with van der Waals surface area (Å²) >= 11 is 6.08. The van der Waals surface area contributed by atoms with Gasteiger partial charge >= 0.3 is 5.97 Å². The number of pyridine rings is 2. The summed E-state index contributed by atoms with van der Waals surface area (Å²) in [5, 5.41) is 19.4. The minimum atomic E-state index is -3.24. The molecule has 0 spiro atoms. The van der Waals surface area contributed by atoms with Crippen molar-refractivity contribution in [1.82, 2.24) is 14.5 Å². The number of aliphatic hydroxyl groups is 2. The quantitative estimate of drug-likeness (QED) is 0.155. The molecule has 0 amide bonds. The van der Waals surface area contributed by atoms with Gasteiger partial charge in [0, 0.05) is 50.4 Å². The van der Waals surface area contributed by atoms with E-state index in [0.29, 0.717) is 12.3 Å². The summed E-state index contributed by atoms with van der Waals surface area (Å²) in [6, 6.07) is 1.07. The smallest absolute Gasteiger partial charge is 0.328 e. The number of halogens is 4. The molecular formula is C24H24ClF3N4O5. The van der Waals surface area contributed by atoms with Crippen molar-refractivity contribution in [3.8, 4) is 11.4 Å². The third-order valence-electron chi connectivity index (χ3n) is 4.64. The number of nitrogens with zero attached hydrogens (tertiary/aromatic N) is 4. The lowest BCUT2D eigenvalue weighted by Gasteiger charge is -2.24. The summed E-state index contributed by atoms with van der Waals surface area (Å²) in [7, 11) is 3.33. The number of rotatable bonds is 10. The van der Waals surface area contributed by atoms with Gasteiger partial charge < -0.3 is 19.8 Å². The Hall–Kier alpha value is -3.74. The predicted octanol–water partition coefficient (Wildman–Crippen LogP) is 3.67. The van der Waals surface area contributed by atoms with E-state index in [2.05, 4.69) is 16.7 Å². The molecule has 198 valence electrons. The zero-order chi connectivity index (χ0) is 28.1. The summed E-state index contributed by atoms with van der Waals surface area (Å²) in [5.74, 6) is -8.13. The first-order valence-electron chi connectivity index (χ1n) is 10.5. The van der Waals surface area contributed by atoms with Gasteiger partial charge in [-0.25, -0.2) is 18.2 Å². The minimum absolute atomic E-state index is 0.0117. The molecule has 37 heavy (non-hydrogen) atoms. The minimum Gasteiger partial charge on any atom is -0.437 e. The molecule has 13 heteroatoms. The molecule has 0 aliphatic heterocycles. The Labute approximate surface area is 215 Å². The van der Waals surface area contributed by atoms with Crippen molar-refractivity contribution in [1.29, 1.82) is 0 Å². The molecule has 0 fully saturated rings. The molecular weight excluding hydrogens is 517 g/mol. The third kappa shape index (κ3) is 7.38. The molecule has 9 nitrogen and oxygen atoms in total. The molecule has 0 aliphatic rings. The first-order chi connectivity index (χ1) is 17.2. The van der Waals surface area contributed by atoms with Crippen molar-refractivity contribution < 1.29 is 32.9 Å². The average molecular weight is 541 g/mol. The van der Waals surface area contributed by atoms with Crippen LogP contribution in [0, 0.1) is 19.7 Å². The zero-order valence-corrected chi connectivity index (χ0v) is 21.1. The zero-order valence-electron chi connectivity index (χ0n) is 20.3. The topological polar surface area (TPSA) is 117 Å². The number of hydrogen-bond donors (Lipinski definition) is 2. The van der Waals surface area contributed by atoms with Crippen LogP contribution in [-0.4, -0.2) is 57.2 Å². The second-order valence-corrected chi connectivity index (χ2v) is 8.39. The Morgan fingerprint density at radius 1 is 1.35 bits per heavy atom. The molecule has 2 rings (SSSR count). The van der Waals surface area contributed by atoms with E-state index in [4.69, 9.17) is 16.3 Å². The molecule has 0 saturated heterocycles. The van der Waals surface area contributed by atoms with Crippen molar-refractivity contribution in [3.63, 3.8) is 0 Å². The first-order valence-corrected chi connectivity index (χ1v) is 10.8. The van der Waals surface area contributed by atoms with Crippen molar-refractivity contribution >= 4 is 24.1 Å². The van der Waals surface area contributed by atoms with E-state index in [9.17, 15) is 28.6 Å². The second-order valence-electron chi connectivity index (χ2n) is 8.01. The number of aliphatic imine (C=N–C) groups is 1. The predicted molar refractivity (Wildman–Crippen MR) is 132 cm³/mol. The van der Waals surface area contributed by atoms with Gasteiger partial charge in [-0.1, -0.05) is 11.6 Å². The maximum Gasteiger partial charge on any atom is 0.328 e. The van der Waals surface area contributed by atoms with Crippen molar-refractivity contribution in [2.24, 2.45) is 4.99 Å². The molecule has 0 unspecified atom stereocenters. The molecule has 2 aromatic rings. The number of allylic oxidation sites excluding steroid dienone is 3. The molecule has 0 aliphatic carbocycles. The summed E-state index contributed by atoms with van der Waals surface area (Å²) in [5.41, 5.74) is -1.68. The molecule has 2 aromatic heterocycles. The van der Waals surface area contributed by atoms with Crippen molar-refractivity contribution in [3.05, 3.63) is 86.6 Å². The van der Waals surface area contributed by atoms with E-state index >= 15 is 4.39 Å². The van der Waals surface area contributed by atoms with E-state index < -0.39 is 57.7 Å². The van der Waals surface area contributed by atoms with E-state index in [1.54, 1.807) is 19.0 Å². The van der Waals surface area contributed by atoms with Crippen LogP contribution in [0.3, 0.4) is 0 Å². The Balaban J connectivity index is 2.53. The molecule has 2 heterocycles. The second kappa shape index (κ2) is 12.0. The van der Waals surface area contributed by atoms with E-state index in [1.165, 1.54) is 26.2 Å². The van der Waals surface area contributed by atoms with Gasteiger partial charge in [0.1, 0.15) is 22.4 Å². The number of carbonyl (C=O) groups is 1. The summed E-state index contributed by atoms with van der Waals surface area (Å²) in [4.78, 5) is 34.0. The van der Waals surface area contributed by atoms with Gasteiger partial charge in [-0.3, -0.25) is 19.1 Å². The number of ether oxygens (including phenoxy) is 1. The lowest BCUT2D eigenvalue weighted by molar-refractivity contribution is -0.291. The highest BCUT2D eigenvalue weighted by atomic mass is 35.5. The molecule has 2 N–H and O–H groups in total. The van der Waals surface area contributed by atoms with Crippen molar-refractivity contribution in [2.75, 3.05) is 14.1 Å². The van der Waals surface area contributed by atoms with Gasteiger partial charge in [0.05, 0.1) is 18.3 Å². The van der Waals surface area contributed by atoms with Gasteiger partial charge in [0.15, 0.2) is 11.6 Å². The fraction of sp³-hybridized carbons (Fsp3) is 0.250. The maximum atomic E-state index is 15.4. The van der Waals surface area contributed by atoms with Gasteiger partial charge in [0.2, 0.25) is 5.78 Å². The van der Waals surface area contributed by atoms with Gasteiger partial charge in [-0.2, -0.15) is 0 Å². The highest BCUT2D eigenvalue weighted by molar-refractivity contribution is 6.31. The van der Waals surface area contributed by atoms with Crippen LogP contribution in [0.4, 0.5) is 13.2 Å². The van der Waals surface area contributed by atoms with Crippen LogP contribution in [0.2, 0.25) is 5.02 Å². The van der Waals surface area contributed by atoms with Crippen molar-refractivity contribution in [2.45, 2.75) is 26.2 Å². The van der Waals surface area contributed by atoms with Crippen LogP contribution in [0.1, 0.15) is 28.2 Å². The first kappa shape index (κ1) is 29.5. The van der Waals surface area contributed by atoms with Crippen LogP contribution >= 0.6 is 11.6 Å². The van der Waals surface area contributed by atoms with E-state index in [-0.39, 0.29) is 16.9 Å². The third-order valence-corrected chi connectivity index (χ3v) is 4.99. The lowest BCUT2D eigenvalue weighted by Crippen LogP contribution is -2.36.